The van der Waals surface area contributed by atoms with Gasteiger partial charge < -0.3 is 5.32 Å². The maximum Gasteiger partial charge on any atom is 0.193 e. The summed E-state index contributed by atoms with van der Waals surface area (Å²) in [5, 5.41) is 5.56. The molecule has 0 aliphatic carbocycles. The second-order valence-electron chi connectivity index (χ2n) is 6.02. The van der Waals surface area contributed by atoms with Crippen LogP contribution in [0.4, 0.5) is 0 Å². The van der Waals surface area contributed by atoms with E-state index in [1.165, 1.54) is 5.57 Å². The molecule has 2 rings (SSSR count). The normalized spacial score (nSPS) is 13.4. The molecule has 3 nitrogen and oxygen atoms in total. The number of hydrogen-bond acceptors (Lipinski definition) is 3. The summed E-state index contributed by atoms with van der Waals surface area (Å²) in [5.41, 5.74) is 2.75. The number of nitrogens with one attached hydrogen (secondary N) is 1. The fourth-order valence-electron chi connectivity index (χ4n) is 1.98. The molecule has 0 saturated heterocycles. The highest BCUT2D eigenvalue weighted by atomic mass is 32.1. The molecule has 0 aliphatic rings. The predicted octanol–water partition coefficient (Wildman–Crippen LogP) is 3.66. The molecular formula is C15H23N3S. The zero-order chi connectivity index (χ0) is 13.9. The van der Waals surface area contributed by atoms with Gasteiger partial charge >= 0.3 is 0 Å². The quantitative estimate of drug-likeness (QED) is 0.667. The Morgan fingerprint density at radius 2 is 2.26 bits per heavy atom. The standard InChI is InChI=1S/C15H23N3S/c1-12(6-5-7-16-15(2,3)4)10-13-11-18-8-9-19-14(18)17-13/h6,8-9,11,16H,5,7,10H2,1-4H3/b12-6-. The van der Waals surface area contributed by atoms with E-state index < -0.39 is 0 Å². The molecule has 0 aliphatic heterocycles. The molecule has 0 unspecified atom stereocenters. The maximum atomic E-state index is 4.61. The summed E-state index contributed by atoms with van der Waals surface area (Å²) in [6, 6.07) is 0. The largest absolute Gasteiger partial charge is 0.312 e. The van der Waals surface area contributed by atoms with Gasteiger partial charge in [-0.3, -0.25) is 4.40 Å². The summed E-state index contributed by atoms with van der Waals surface area (Å²) in [6.45, 7) is 9.80. The van der Waals surface area contributed by atoms with Crippen LogP contribution in [0.25, 0.3) is 4.96 Å². The van der Waals surface area contributed by atoms with Gasteiger partial charge in [0.2, 0.25) is 0 Å². The number of thiazole rings is 1. The number of rotatable bonds is 5. The van der Waals surface area contributed by atoms with Crippen LogP contribution in [0.1, 0.15) is 39.8 Å². The van der Waals surface area contributed by atoms with Crippen molar-refractivity contribution in [2.75, 3.05) is 6.54 Å². The lowest BCUT2D eigenvalue weighted by molar-refractivity contribution is 0.431. The molecule has 0 radical (unpaired) electrons. The molecule has 0 saturated carbocycles. The Kier molecular flexibility index (Phi) is 4.42. The number of aromatic nitrogens is 2. The molecule has 2 heterocycles. The summed E-state index contributed by atoms with van der Waals surface area (Å²) in [7, 11) is 0. The van der Waals surface area contributed by atoms with Crippen molar-refractivity contribution in [3.63, 3.8) is 0 Å². The van der Waals surface area contributed by atoms with Crippen LogP contribution in [0.5, 0.6) is 0 Å². The van der Waals surface area contributed by atoms with Crippen LogP contribution in [0.3, 0.4) is 0 Å². The van der Waals surface area contributed by atoms with Gasteiger partial charge in [0.05, 0.1) is 5.69 Å². The second kappa shape index (κ2) is 5.88. The monoisotopic (exact) mass is 277 g/mol. The van der Waals surface area contributed by atoms with Crippen molar-refractivity contribution in [2.45, 2.75) is 46.1 Å². The summed E-state index contributed by atoms with van der Waals surface area (Å²) in [5.74, 6) is 0. The molecule has 0 atom stereocenters. The molecule has 0 fully saturated rings. The van der Waals surface area contributed by atoms with E-state index >= 15 is 0 Å². The lowest BCUT2D eigenvalue weighted by Gasteiger charge is -2.19. The molecule has 0 aromatic carbocycles. The minimum atomic E-state index is 0.204. The Balaban J connectivity index is 1.83. The SMILES string of the molecule is C/C(=C/CCNC(C)(C)C)Cc1cn2ccsc2n1. The zero-order valence-corrected chi connectivity index (χ0v) is 13.0. The second-order valence-corrected chi connectivity index (χ2v) is 6.89. The van der Waals surface area contributed by atoms with Crippen LogP contribution in [0.2, 0.25) is 0 Å². The smallest absolute Gasteiger partial charge is 0.193 e. The van der Waals surface area contributed by atoms with E-state index in [1.54, 1.807) is 11.3 Å². The molecule has 2 aromatic heterocycles. The van der Waals surface area contributed by atoms with Crippen molar-refractivity contribution in [1.82, 2.24) is 14.7 Å². The lowest BCUT2D eigenvalue weighted by Crippen LogP contribution is -2.36. The van der Waals surface area contributed by atoms with E-state index in [-0.39, 0.29) is 5.54 Å². The minimum absolute atomic E-state index is 0.204. The van der Waals surface area contributed by atoms with Gasteiger partial charge in [-0.2, -0.15) is 0 Å². The van der Waals surface area contributed by atoms with Gasteiger partial charge in [0.15, 0.2) is 4.96 Å². The van der Waals surface area contributed by atoms with Gasteiger partial charge in [0, 0.05) is 29.7 Å². The molecule has 4 heteroatoms. The van der Waals surface area contributed by atoms with Crippen molar-refractivity contribution in [2.24, 2.45) is 0 Å². The third-order valence-corrected chi connectivity index (χ3v) is 3.67. The zero-order valence-electron chi connectivity index (χ0n) is 12.2. The van der Waals surface area contributed by atoms with Crippen LogP contribution in [-0.4, -0.2) is 21.5 Å². The summed E-state index contributed by atoms with van der Waals surface area (Å²) >= 11 is 1.68. The fraction of sp³-hybridized carbons (Fsp3) is 0.533. The van der Waals surface area contributed by atoms with E-state index in [0.717, 1.165) is 30.0 Å². The first-order chi connectivity index (χ1) is 8.94. The van der Waals surface area contributed by atoms with E-state index in [4.69, 9.17) is 0 Å². The van der Waals surface area contributed by atoms with Crippen LogP contribution in [0, 0.1) is 0 Å². The van der Waals surface area contributed by atoms with Crippen LogP contribution >= 0.6 is 11.3 Å². The Morgan fingerprint density at radius 1 is 1.47 bits per heavy atom. The van der Waals surface area contributed by atoms with E-state index in [9.17, 15) is 0 Å². The van der Waals surface area contributed by atoms with Crippen molar-refractivity contribution < 1.29 is 0 Å². The molecule has 0 spiro atoms. The Bertz CT molecular complexity index is 529. The first-order valence-corrected chi connectivity index (χ1v) is 7.64. The molecule has 0 amide bonds. The van der Waals surface area contributed by atoms with Crippen LogP contribution < -0.4 is 5.32 Å². The molecule has 2 aromatic rings. The lowest BCUT2D eigenvalue weighted by atomic mass is 10.1. The molecule has 104 valence electrons. The van der Waals surface area contributed by atoms with Crippen LogP contribution in [0.15, 0.2) is 29.4 Å². The highest BCUT2D eigenvalue weighted by molar-refractivity contribution is 7.15. The fourth-order valence-corrected chi connectivity index (χ4v) is 2.70. The summed E-state index contributed by atoms with van der Waals surface area (Å²) in [4.78, 5) is 5.69. The molecule has 19 heavy (non-hydrogen) atoms. The van der Waals surface area contributed by atoms with E-state index in [1.807, 2.05) is 0 Å². The van der Waals surface area contributed by atoms with E-state index in [0.29, 0.717) is 0 Å². The van der Waals surface area contributed by atoms with Gasteiger partial charge in [-0.1, -0.05) is 11.6 Å². The highest BCUT2D eigenvalue weighted by Crippen LogP contribution is 2.14. The van der Waals surface area contributed by atoms with Crippen molar-refractivity contribution in [3.8, 4) is 0 Å². The number of hydrogen-bond donors (Lipinski definition) is 1. The average molecular weight is 277 g/mol. The number of fused-ring (bicyclic) bond motifs is 1. The third kappa shape index (κ3) is 4.48. The van der Waals surface area contributed by atoms with Gasteiger partial charge in [-0.15, -0.1) is 11.3 Å². The molecular weight excluding hydrogens is 254 g/mol. The Hall–Kier alpha value is -1.13. The molecule has 1 N–H and O–H groups in total. The summed E-state index contributed by atoms with van der Waals surface area (Å²) in [6.07, 6.45) is 8.51. The third-order valence-electron chi connectivity index (χ3n) is 2.90. The number of imidazole rings is 1. The maximum absolute atomic E-state index is 4.61. The van der Waals surface area contributed by atoms with Gasteiger partial charge in [0.25, 0.3) is 0 Å². The number of nitrogens with zero attached hydrogens (tertiary/aromatic N) is 2. The summed E-state index contributed by atoms with van der Waals surface area (Å²) < 4.78 is 2.09. The van der Waals surface area contributed by atoms with E-state index in [2.05, 4.69) is 66.2 Å². The van der Waals surface area contributed by atoms with Gasteiger partial charge in [0.1, 0.15) is 0 Å². The highest BCUT2D eigenvalue weighted by Gasteiger charge is 2.07. The predicted molar refractivity (Wildman–Crippen MR) is 82.9 cm³/mol. The van der Waals surface area contributed by atoms with Crippen LogP contribution in [-0.2, 0) is 6.42 Å². The van der Waals surface area contributed by atoms with Gasteiger partial charge in [-0.05, 0) is 40.7 Å². The van der Waals surface area contributed by atoms with Crippen molar-refractivity contribution in [1.29, 1.82) is 0 Å². The Labute approximate surface area is 119 Å². The topological polar surface area (TPSA) is 29.3 Å². The first-order valence-electron chi connectivity index (χ1n) is 6.76. The number of allylic oxidation sites excluding steroid dienone is 1. The average Bonchev–Trinajstić information content (AvgIpc) is 2.83. The first kappa shape index (κ1) is 14.3. The van der Waals surface area contributed by atoms with Crippen molar-refractivity contribution in [3.05, 3.63) is 35.1 Å². The molecule has 0 bridgehead atoms. The minimum Gasteiger partial charge on any atom is -0.312 e. The van der Waals surface area contributed by atoms with Gasteiger partial charge in [-0.25, -0.2) is 4.98 Å². The Morgan fingerprint density at radius 3 is 2.95 bits per heavy atom. The van der Waals surface area contributed by atoms with Crippen molar-refractivity contribution >= 4 is 16.3 Å².